The van der Waals surface area contributed by atoms with E-state index in [0.717, 1.165) is 6.07 Å². The number of rotatable bonds is 3. The topological polar surface area (TPSA) is 64.4 Å². The Kier molecular flexibility index (Phi) is 3.39. The zero-order chi connectivity index (χ0) is 10.6. The highest BCUT2D eigenvalue weighted by Crippen LogP contribution is 2.08. The van der Waals surface area contributed by atoms with Crippen LogP contribution in [-0.4, -0.2) is 12.5 Å². The number of aliphatic imine (C=N–C) groups is 1. The van der Waals surface area contributed by atoms with Gasteiger partial charge in [-0.05, 0) is 24.1 Å². The maximum Gasteiger partial charge on any atom is 0.185 e. The molecule has 0 saturated carbocycles. The fraction of sp³-hybridized carbons (Fsp3) is 0.222. The van der Waals surface area contributed by atoms with E-state index in [-0.39, 0.29) is 5.96 Å². The molecule has 0 amide bonds. The van der Waals surface area contributed by atoms with Gasteiger partial charge in [0.2, 0.25) is 0 Å². The van der Waals surface area contributed by atoms with Crippen molar-refractivity contribution in [1.82, 2.24) is 0 Å². The quantitative estimate of drug-likeness (QED) is 0.558. The van der Waals surface area contributed by atoms with Gasteiger partial charge < -0.3 is 11.5 Å². The monoisotopic (exact) mass is 199 g/mol. The molecule has 0 bridgehead atoms. The lowest BCUT2D eigenvalue weighted by molar-refractivity contribution is 0.579. The van der Waals surface area contributed by atoms with Gasteiger partial charge in [-0.25, -0.2) is 8.78 Å². The Balaban J connectivity index is 2.63. The lowest BCUT2D eigenvalue weighted by Gasteiger charge is -1.99. The number of halogens is 2. The number of hydrogen-bond donors (Lipinski definition) is 2. The van der Waals surface area contributed by atoms with Crippen molar-refractivity contribution in [2.75, 3.05) is 6.54 Å². The fourth-order valence-electron chi connectivity index (χ4n) is 1.07. The summed E-state index contributed by atoms with van der Waals surface area (Å²) in [6.07, 6.45) is 0.409. The third-order valence-electron chi connectivity index (χ3n) is 1.62. The molecule has 1 rings (SSSR count). The number of nitrogens with zero attached hydrogens (tertiary/aromatic N) is 1. The van der Waals surface area contributed by atoms with Crippen molar-refractivity contribution in [3.05, 3.63) is 35.4 Å². The first-order valence-corrected chi connectivity index (χ1v) is 4.08. The zero-order valence-electron chi connectivity index (χ0n) is 7.50. The van der Waals surface area contributed by atoms with Crippen LogP contribution in [0, 0.1) is 11.6 Å². The molecular weight excluding hydrogens is 188 g/mol. The highest BCUT2D eigenvalue weighted by molar-refractivity contribution is 5.75. The summed E-state index contributed by atoms with van der Waals surface area (Å²) in [5, 5.41) is 0. The largest absolute Gasteiger partial charge is 0.370 e. The summed E-state index contributed by atoms with van der Waals surface area (Å²) in [5.41, 5.74) is 10.7. The lowest BCUT2D eigenvalue weighted by Crippen LogP contribution is -2.23. The molecule has 5 heteroatoms. The van der Waals surface area contributed by atoms with Crippen molar-refractivity contribution in [2.45, 2.75) is 6.42 Å². The van der Waals surface area contributed by atoms with Crippen LogP contribution >= 0.6 is 0 Å². The molecule has 1 aromatic rings. The summed E-state index contributed by atoms with van der Waals surface area (Å²) in [5.74, 6) is -1.21. The van der Waals surface area contributed by atoms with Crippen molar-refractivity contribution >= 4 is 5.96 Å². The van der Waals surface area contributed by atoms with Crippen molar-refractivity contribution in [3.8, 4) is 0 Å². The fourth-order valence-corrected chi connectivity index (χ4v) is 1.07. The Morgan fingerprint density at radius 3 is 2.21 bits per heavy atom. The molecule has 0 radical (unpaired) electrons. The first kappa shape index (κ1) is 10.4. The van der Waals surface area contributed by atoms with E-state index in [1.807, 2.05) is 0 Å². The normalized spacial score (nSPS) is 9.86. The average molecular weight is 199 g/mol. The molecule has 3 nitrogen and oxygen atoms in total. The summed E-state index contributed by atoms with van der Waals surface area (Å²) in [6, 6.07) is 3.33. The summed E-state index contributed by atoms with van der Waals surface area (Å²) in [6.45, 7) is 0.325. The van der Waals surface area contributed by atoms with Crippen molar-refractivity contribution in [1.29, 1.82) is 0 Å². The van der Waals surface area contributed by atoms with E-state index in [1.165, 1.54) is 12.1 Å². The second kappa shape index (κ2) is 4.55. The first-order valence-electron chi connectivity index (χ1n) is 4.08. The van der Waals surface area contributed by atoms with Crippen LogP contribution in [0.1, 0.15) is 5.56 Å². The van der Waals surface area contributed by atoms with E-state index in [4.69, 9.17) is 11.5 Å². The second-order valence-electron chi connectivity index (χ2n) is 2.83. The molecule has 0 spiro atoms. The molecule has 0 unspecified atom stereocenters. The summed E-state index contributed by atoms with van der Waals surface area (Å²) in [4.78, 5) is 3.71. The first-order chi connectivity index (χ1) is 6.58. The lowest BCUT2D eigenvalue weighted by atomic mass is 10.1. The van der Waals surface area contributed by atoms with Crippen LogP contribution in [-0.2, 0) is 6.42 Å². The van der Waals surface area contributed by atoms with Gasteiger partial charge in [0.25, 0.3) is 0 Å². The van der Waals surface area contributed by atoms with Gasteiger partial charge in [0.15, 0.2) is 5.96 Å². The Hall–Kier alpha value is -1.65. The highest BCUT2D eigenvalue weighted by atomic mass is 19.1. The molecule has 0 aliphatic heterocycles. The van der Waals surface area contributed by atoms with Gasteiger partial charge in [0, 0.05) is 12.6 Å². The van der Waals surface area contributed by atoms with E-state index >= 15 is 0 Å². The number of hydrogen-bond acceptors (Lipinski definition) is 1. The molecule has 4 N–H and O–H groups in total. The Bertz CT molecular complexity index is 326. The Morgan fingerprint density at radius 2 is 1.71 bits per heavy atom. The van der Waals surface area contributed by atoms with E-state index < -0.39 is 11.6 Å². The second-order valence-corrected chi connectivity index (χ2v) is 2.83. The van der Waals surface area contributed by atoms with Crippen LogP contribution < -0.4 is 11.5 Å². The minimum Gasteiger partial charge on any atom is -0.370 e. The molecule has 0 fully saturated rings. The molecule has 0 atom stereocenters. The van der Waals surface area contributed by atoms with E-state index in [9.17, 15) is 8.78 Å². The Labute approximate surface area is 80.4 Å². The molecule has 14 heavy (non-hydrogen) atoms. The van der Waals surface area contributed by atoms with E-state index in [2.05, 4.69) is 4.99 Å². The molecule has 0 heterocycles. The average Bonchev–Trinajstić information content (AvgIpc) is 2.01. The van der Waals surface area contributed by atoms with Crippen LogP contribution in [0.15, 0.2) is 23.2 Å². The summed E-state index contributed by atoms with van der Waals surface area (Å²) in [7, 11) is 0. The molecular formula is C9H11F2N3. The van der Waals surface area contributed by atoms with Gasteiger partial charge in [0.05, 0.1) is 0 Å². The summed E-state index contributed by atoms with van der Waals surface area (Å²) >= 11 is 0. The third-order valence-corrected chi connectivity index (χ3v) is 1.62. The van der Waals surface area contributed by atoms with Crippen molar-refractivity contribution < 1.29 is 8.78 Å². The molecule has 1 aromatic carbocycles. The summed E-state index contributed by atoms with van der Waals surface area (Å²) < 4.78 is 25.4. The van der Waals surface area contributed by atoms with Gasteiger partial charge in [-0.3, -0.25) is 4.99 Å². The number of nitrogens with two attached hydrogens (primary N) is 2. The van der Waals surface area contributed by atoms with E-state index in [0.29, 0.717) is 18.5 Å². The molecule has 0 aromatic heterocycles. The predicted octanol–water partition coefficient (Wildman–Crippen LogP) is 0.781. The highest BCUT2D eigenvalue weighted by Gasteiger charge is 1.99. The van der Waals surface area contributed by atoms with Gasteiger partial charge >= 0.3 is 0 Å². The smallest absolute Gasteiger partial charge is 0.185 e. The van der Waals surface area contributed by atoms with Gasteiger partial charge in [-0.1, -0.05) is 0 Å². The van der Waals surface area contributed by atoms with Gasteiger partial charge in [-0.15, -0.1) is 0 Å². The minimum atomic E-state index is -0.593. The van der Waals surface area contributed by atoms with Crippen molar-refractivity contribution in [2.24, 2.45) is 16.5 Å². The van der Waals surface area contributed by atoms with Crippen LogP contribution in [0.25, 0.3) is 0 Å². The SMILES string of the molecule is NC(N)=NCCc1cc(F)cc(F)c1. The maximum atomic E-state index is 12.7. The minimum absolute atomic E-state index is 0.0260. The van der Waals surface area contributed by atoms with E-state index in [1.54, 1.807) is 0 Å². The molecule has 0 saturated heterocycles. The number of benzene rings is 1. The van der Waals surface area contributed by atoms with Crippen LogP contribution in [0.5, 0.6) is 0 Å². The van der Waals surface area contributed by atoms with Gasteiger partial charge in [0.1, 0.15) is 11.6 Å². The maximum absolute atomic E-state index is 12.7. The molecule has 76 valence electrons. The zero-order valence-corrected chi connectivity index (χ0v) is 7.50. The Morgan fingerprint density at radius 1 is 1.14 bits per heavy atom. The molecule has 0 aliphatic carbocycles. The predicted molar refractivity (Wildman–Crippen MR) is 50.7 cm³/mol. The van der Waals surface area contributed by atoms with Gasteiger partial charge in [-0.2, -0.15) is 0 Å². The number of guanidine groups is 1. The standard InChI is InChI=1S/C9H11F2N3/c10-7-3-6(4-8(11)5-7)1-2-14-9(12)13/h3-5H,1-2H2,(H4,12,13,14). The van der Waals surface area contributed by atoms with Crippen LogP contribution in [0.2, 0.25) is 0 Å². The molecule has 0 aliphatic rings. The van der Waals surface area contributed by atoms with Crippen LogP contribution in [0.4, 0.5) is 8.78 Å². The third kappa shape index (κ3) is 3.38. The van der Waals surface area contributed by atoms with Crippen LogP contribution in [0.3, 0.4) is 0 Å². The van der Waals surface area contributed by atoms with Crippen molar-refractivity contribution in [3.63, 3.8) is 0 Å².